The molecule has 4 atom stereocenters. The molecule has 0 spiro atoms. The quantitative estimate of drug-likeness (QED) is 0.551. The van der Waals surface area contributed by atoms with Crippen LogP contribution in [-0.4, -0.2) is 60.9 Å². The van der Waals surface area contributed by atoms with E-state index in [-0.39, 0.29) is 5.82 Å². The number of benzene rings is 1. The van der Waals surface area contributed by atoms with Crippen LogP contribution in [0.3, 0.4) is 0 Å². The lowest BCUT2D eigenvalue weighted by atomic mass is 10.1. The summed E-state index contributed by atoms with van der Waals surface area (Å²) in [6.07, 6.45) is -0.593. The zero-order chi connectivity index (χ0) is 19.7. The normalized spacial score (nSPS) is 24.7. The molecule has 0 saturated carbocycles. The molecule has 1 aromatic carbocycles. The van der Waals surface area contributed by atoms with E-state index in [1.54, 1.807) is 23.4 Å². The third kappa shape index (κ3) is 3.51. The van der Waals surface area contributed by atoms with Crippen LogP contribution in [0.5, 0.6) is 5.75 Å². The molecule has 9 nitrogen and oxygen atoms in total. The monoisotopic (exact) mass is 403 g/mol. The average molecular weight is 403 g/mol. The number of nitrogens with zero attached hydrogens (tertiary/aromatic N) is 4. The maximum atomic E-state index is 10.5. The first kappa shape index (κ1) is 18.9. The van der Waals surface area contributed by atoms with Crippen LogP contribution in [0.4, 0.5) is 5.82 Å². The minimum Gasteiger partial charge on any atom is -0.497 e. The van der Waals surface area contributed by atoms with Gasteiger partial charge in [-0.15, -0.1) is 0 Å². The number of hydrogen-bond donors (Lipinski definition) is 3. The van der Waals surface area contributed by atoms with E-state index < -0.39 is 24.5 Å². The zero-order valence-corrected chi connectivity index (χ0v) is 16.0. The lowest BCUT2D eigenvalue weighted by Gasteiger charge is -2.16. The summed E-state index contributed by atoms with van der Waals surface area (Å²) >= 11 is 1.62. The number of imidazole rings is 1. The Morgan fingerprint density at radius 2 is 1.96 bits per heavy atom. The van der Waals surface area contributed by atoms with Gasteiger partial charge >= 0.3 is 0 Å². The number of hydrogen-bond acceptors (Lipinski definition) is 9. The van der Waals surface area contributed by atoms with Crippen LogP contribution in [0.2, 0.25) is 0 Å². The molecule has 1 fully saturated rings. The number of aliphatic hydroxyl groups excluding tert-OH is 2. The Kier molecular flexibility index (Phi) is 5.36. The topological polar surface area (TPSA) is 129 Å². The number of nitrogen functional groups attached to an aromatic ring is 1. The molecule has 148 valence electrons. The van der Waals surface area contributed by atoms with E-state index in [0.29, 0.717) is 16.9 Å². The van der Waals surface area contributed by atoms with E-state index in [0.717, 1.165) is 17.1 Å². The van der Waals surface area contributed by atoms with Crippen molar-refractivity contribution in [3.63, 3.8) is 0 Å². The summed E-state index contributed by atoms with van der Waals surface area (Å²) in [4.78, 5) is 12.3. The lowest BCUT2D eigenvalue weighted by molar-refractivity contribution is -0.0289. The molecule has 0 aliphatic carbocycles. The number of anilines is 1. The summed E-state index contributed by atoms with van der Waals surface area (Å²) in [5.41, 5.74) is 7.84. The van der Waals surface area contributed by atoms with Crippen molar-refractivity contribution in [2.24, 2.45) is 0 Å². The molecule has 0 amide bonds. The van der Waals surface area contributed by atoms with Crippen molar-refractivity contribution in [1.82, 2.24) is 19.5 Å². The summed E-state index contributed by atoms with van der Waals surface area (Å²) in [5.74, 6) is 2.36. The Bertz CT molecular complexity index is 951. The first-order chi connectivity index (χ1) is 13.6. The minimum absolute atomic E-state index is 0.253. The van der Waals surface area contributed by atoms with Crippen LogP contribution in [-0.2, 0) is 10.5 Å². The maximum Gasteiger partial charge on any atom is 0.167 e. The molecular weight excluding hydrogens is 382 g/mol. The van der Waals surface area contributed by atoms with Gasteiger partial charge in [0.15, 0.2) is 17.7 Å². The number of methoxy groups -OCH3 is 1. The van der Waals surface area contributed by atoms with E-state index in [4.69, 9.17) is 15.2 Å². The van der Waals surface area contributed by atoms with E-state index in [1.807, 2.05) is 24.3 Å². The molecule has 1 saturated heterocycles. The zero-order valence-electron chi connectivity index (χ0n) is 15.2. The number of ether oxygens (including phenoxy) is 2. The number of nitrogens with two attached hydrogens (primary N) is 1. The molecule has 2 aromatic heterocycles. The fraction of sp³-hybridized carbons (Fsp3) is 0.389. The molecule has 0 unspecified atom stereocenters. The summed E-state index contributed by atoms with van der Waals surface area (Å²) in [6.45, 7) is 0. The largest absolute Gasteiger partial charge is 0.497 e. The van der Waals surface area contributed by atoms with Crippen molar-refractivity contribution in [3.8, 4) is 5.75 Å². The van der Waals surface area contributed by atoms with Gasteiger partial charge in [-0.2, -0.15) is 11.8 Å². The Morgan fingerprint density at radius 1 is 1.18 bits per heavy atom. The number of aromatic nitrogens is 4. The van der Waals surface area contributed by atoms with Gasteiger partial charge in [0.2, 0.25) is 0 Å². The van der Waals surface area contributed by atoms with Gasteiger partial charge in [0.25, 0.3) is 0 Å². The second-order valence-corrected chi connectivity index (χ2v) is 7.52. The van der Waals surface area contributed by atoms with Gasteiger partial charge in [-0.3, -0.25) is 4.57 Å². The van der Waals surface area contributed by atoms with Crippen molar-refractivity contribution in [3.05, 3.63) is 42.5 Å². The molecule has 0 radical (unpaired) electrons. The van der Waals surface area contributed by atoms with Crippen LogP contribution in [0.15, 0.2) is 36.9 Å². The predicted molar refractivity (Wildman–Crippen MR) is 105 cm³/mol. The fourth-order valence-corrected chi connectivity index (χ4v) is 4.22. The predicted octanol–water partition coefficient (Wildman–Crippen LogP) is 0.970. The molecular formula is C18H21N5O4S. The van der Waals surface area contributed by atoms with Gasteiger partial charge < -0.3 is 25.4 Å². The van der Waals surface area contributed by atoms with Gasteiger partial charge in [0.05, 0.1) is 19.5 Å². The standard InChI is InChI=1S/C18H21N5O4S/c1-26-11-4-2-10(3-5-11)6-28-7-12-14(24)15(25)18(27-12)23-9-22-13-16(19)20-8-21-17(13)23/h2-5,8-9,12,14-15,18,24-25H,6-7H2,1H3,(H2,19,20,21)/t12-,14-,15-,18-/m0/s1. The smallest absolute Gasteiger partial charge is 0.167 e. The van der Waals surface area contributed by atoms with E-state index in [1.165, 1.54) is 12.7 Å². The lowest BCUT2D eigenvalue weighted by Crippen LogP contribution is -2.32. The molecule has 4 N–H and O–H groups in total. The molecule has 1 aliphatic heterocycles. The summed E-state index contributed by atoms with van der Waals surface area (Å²) < 4.78 is 12.7. The molecule has 10 heteroatoms. The number of thioether (sulfide) groups is 1. The van der Waals surface area contributed by atoms with Crippen molar-refractivity contribution in [2.75, 3.05) is 18.6 Å². The highest BCUT2D eigenvalue weighted by Gasteiger charge is 2.44. The first-order valence-electron chi connectivity index (χ1n) is 8.73. The number of rotatable bonds is 6. The highest BCUT2D eigenvalue weighted by Crippen LogP contribution is 2.33. The highest BCUT2D eigenvalue weighted by molar-refractivity contribution is 7.98. The third-order valence-corrected chi connectivity index (χ3v) is 5.81. The Balaban J connectivity index is 1.41. The van der Waals surface area contributed by atoms with Crippen LogP contribution in [0.25, 0.3) is 11.2 Å². The highest BCUT2D eigenvalue weighted by atomic mass is 32.2. The molecule has 3 heterocycles. The van der Waals surface area contributed by atoms with E-state index >= 15 is 0 Å². The van der Waals surface area contributed by atoms with E-state index in [9.17, 15) is 10.2 Å². The average Bonchev–Trinajstić information content (AvgIpc) is 3.26. The van der Waals surface area contributed by atoms with Crippen molar-refractivity contribution in [1.29, 1.82) is 0 Å². The van der Waals surface area contributed by atoms with Gasteiger partial charge in [-0.05, 0) is 17.7 Å². The number of aliphatic hydroxyl groups is 2. The minimum atomic E-state index is -1.10. The molecule has 3 aromatic rings. The van der Waals surface area contributed by atoms with Crippen molar-refractivity contribution in [2.45, 2.75) is 30.3 Å². The second-order valence-electron chi connectivity index (χ2n) is 6.49. The molecule has 1 aliphatic rings. The Labute approximate surface area is 165 Å². The van der Waals surface area contributed by atoms with Gasteiger partial charge in [-0.25, -0.2) is 15.0 Å². The summed E-state index contributed by atoms with van der Waals surface area (Å²) in [7, 11) is 1.63. The van der Waals surface area contributed by atoms with E-state index in [2.05, 4.69) is 15.0 Å². The fourth-order valence-electron chi connectivity index (χ4n) is 3.17. The van der Waals surface area contributed by atoms with Gasteiger partial charge in [-0.1, -0.05) is 12.1 Å². The van der Waals surface area contributed by atoms with Gasteiger partial charge in [0.1, 0.15) is 29.8 Å². The van der Waals surface area contributed by atoms with Crippen LogP contribution in [0, 0.1) is 0 Å². The Morgan fingerprint density at radius 3 is 2.71 bits per heavy atom. The molecule has 28 heavy (non-hydrogen) atoms. The Hall–Kier alpha value is -2.40. The second kappa shape index (κ2) is 7.92. The van der Waals surface area contributed by atoms with Crippen LogP contribution < -0.4 is 10.5 Å². The van der Waals surface area contributed by atoms with Crippen LogP contribution in [0.1, 0.15) is 11.8 Å². The number of fused-ring (bicyclic) bond motifs is 1. The van der Waals surface area contributed by atoms with Gasteiger partial charge in [0, 0.05) is 11.5 Å². The third-order valence-electron chi connectivity index (χ3n) is 4.71. The molecule has 4 rings (SSSR count). The van der Waals surface area contributed by atoms with Crippen molar-refractivity contribution < 1.29 is 19.7 Å². The summed E-state index contributed by atoms with van der Waals surface area (Å²) in [6, 6.07) is 7.82. The molecule has 0 bridgehead atoms. The summed E-state index contributed by atoms with van der Waals surface area (Å²) in [5, 5.41) is 20.9. The first-order valence-corrected chi connectivity index (χ1v) is 9.89. The van der Waals surface area contributed by atoms with Crippen LogP contribution >= 0.6 is 11.8 Å². The SMILES string of the molecule is COc1ccc(CSC[C@@H]2O[C@H](n3cnc4c(N)ncnc43)[C@@H](O)[C@H]2O)cc1. The maximum absolute atomic E-state index is 10.5. The van der Waals surface area contributed by atoms with Crippen molar-refractivity contribution >= 4 is 28.7 Å².